The van der Waals surface area contributed by atoms with Crippen molar-refractivity contribution in [2.75, 3.05) is 0 Å². The second kappa shape index (κ2) is 11.0. The van der Waals surface area contributed by atoms with Crippen LogP contribution in [0.1, 0.15) is 60.1 Å². The lowest BCUT2D eigenvalue weighted by atomic mass is 9.62. The molecule has 230 valence electrons. The minimum absolute atomic E-state index is 0.0881. The van der Waals surface area contributed by atoms with Crippen molar-refractivity contribution >= 4 is 34.1 Å². The van der Waals surface area contributed by atoms with Gasteiger partial charge in [0, 0.05) is 24.2 Å². The molecule has 1 aromatic heterocycles. The molecule has 9 rings (SSSR count). The first-order valence-corrected chi connectivity index (χ1v) is 17.0. The van der Waals surface area contributed by atoms with Gasteiger partial charge in [0.05, 0.1) is 0 Å². The summed E-state index contributed by atoms with van der Waals surface area (Å²) in [6.45, 7) is 6.93. The number of hydrogen-bond donors (Lipinski definition) is 0. The van der Waals surface area contributed by atoms with Crippen molar-refractivity contribution in [3.8, 4) is 22.3 Å². The second-order valence-corrected chi connectivity index (χ2v) is 14.4. The molecule has 0 spiro atoms. The van der Waals surface area contributed by atoms with Crippen molar-refractivity contribution in [2.45, 2.75) is 32.1 Å². The van der Waals surface area contributed by atoms with Gasteiger partial charge in [-0.2, -0.15) is 0 Å². The van der Waals surface area contributed by atoms with Crippen LogP contribution in [-0.2, 0) is 5.41 Å². The molecule has 0 aliphatic heterocycles. The number of nitrogens with zero attached hydrogens (tertiary/aromatic N) is 1. The van der Waals surface area contributed by atoms with Gasteiger partial charge in [-0.25, -0.2) is 0 Å². The van der Waals surface area contributed by atoms with Gasteiger partial charge in [-0.15, -0.1) is 0 Å². The van der Waals surface area contributed by atoms with E-state index in [0.29, 0.717) is 0 Å². The topological polar surface area (TPSA) is 12.9 Å². The first-order chi connectivity index (χ1) is 23.4. The second-order valence-electron chi connectivity index (χ2n) is 14.4. The fourth-order valence-corrected chi connectivity index (χ4v) is 7.99. The fourth-order valence-electron chi connectivity index (χ4n) is 7.99. The average molecular weight is 616 g/mol. The molecule has 0 saturated carbocycles. The molecule has 1 heteroatoms. The third-order valence-electron chi connectivity index (χ3n) is 10.5. The van der Waals surface area contributed by atoms with Crippen molar-refractivity contribution in [3.63, 3.8) is 0 Å². The Hall–Kier alpha value is -5.53. The number of rotatable bonds is 4. The molecule has 48 heavy (non-hydrogen) atoms. The van der Waals surface area contributed by atoms with Crippen LogP contribution < -0.4 is 0 Å². The first kappa shape index (κ1) is 28.7. The van der Waals surface area contributed by atoms with Crippen LogP contribution in [-0.4, -0.2) is 4.98 Å². The third kappa shape index (κ3) is 4.73. The molecule has 0 fully saturated rings. The Bertz CT molecular complexity index is 2340. The molecule has 0 N–H and O–H groups in total. The number of benzene rings is 5. The number of hydrogen-bond acceptors (Lipinski definition) is 1. The lowest BCUT2D eigenvalue weighted by Crippen LogP contribution is -2.25. The molecule has 1 nitrogen and oxygen atoms in total. The van der Waals surface area contributed by atoms with E-state index in [4.69, 9.17) is 0 Å². The molecule has 0 bridgehead atoms. The maximum atomic E-state index is 4.34. The van der Waals surface area contributed by atoms with Gasteiger partial charge < -0.3 is 0 Å². The van der Waals surface area contributed by atoms with Crippen molar-refractivity contribution in [3.05, 3.63) is 185 Å². The maximum absolute atomic E-state index is 4.34. The highest BCUT2D eigenvalue weighted by Crippen LogP contribution is 2.55. The molecule has 2 atom stereocenters. The van der Waals surface area contributed by atoms with Gasteiger partial charge in [0.2, 0.25) is 0 Å². The summed E-state index contributed by atoms with van der Waals surface area (Å²) in [7, 11) is 0. The van der Waals surface area contributed by atoms with Crippen molar-refractivity contribution < 1.29 is 0 Å². The van der Waals surface area contributed by atoms with E-state index >= 15 is 0 Å². The smallest absolute Gasteiger partial charge is 0.0346 e. The van der Waals surface area contributed by atoms with E-state index in [1.807, 2.05) is 18.5 Å². The number of aromatic nitrogens is 1. The van der Waals surface area contributed by atoms with Gasteiger partial charge in [-0.05, 0) is 101 Å². The van der Waals surface area contributed by atoms with Gasteiger partial charge in [0.25, 0.3) is 0 Å². The number of fused-ring (bicyclic) bond motifs is 1. The van der Waals surface area contributed by atoms with Crippen molar-refractivity contribution in [1.82, 2.24) is 4.98 Å². The summed E-state index contributed by atoms with van der Waals surface area (Å²) in [6, 6.07) is 42.6. The molecule has 1 heterocycles. The highest BCUT2D eigenvalue weighted by molar-refractivity contribution is 5.98. The van der Waals surface area contributed by atoms with Crippen LogP contribution in [0.15, 0.2) is 151 Å². The van der Waals surface area contributed by atoms with E-state index in [9.17, 15) is 0 Å². The Morgan fingerprint density at radius 2 is 1.31 bits per heavy atom. The zero-order chi connectivity index (χ0) is 32.4. The van der Waals surface area contributed by atoms with Crippen LogP contribution in [0.3, 0.4) is 0 Å². The minimum atomic E-state index is 0.0881. The highest BCUT2D eigenvalue weighted by atomic mass is 14.6. The third-order valence-corrected chi connectivity index (χ3v) is 10.5. The van der Waals surface area contributed by atoms with Crippen molar-refractivity contribution in [1.29, 1.82) is 0 Å². The van der Waals surface area contributed by atoms with Gasteiger partial charge in [0.1, 0.15) is 0 Å². The summed E-state index contributed by atoms with van der Waals surface area (Å²) in [4.78, 5) is 4.34. The number of pyridine rings is 1. The predicted molar refractivity (Wildman–Crippen MR) is 203 cm³/mol. The molecule has 3 aliphatic rings. The summed E-state index contributed by atoms with van der Waals surface area (Å²) in [5, 5.41) is 2.56. The van der Waals surface area contributed by atoms with E-state index in [2.05, 4.69) is 165 Å². The van der Waals surface area contributed by atoms with E-state index in [1.54, 1.807) is 0 Å². The highest BCUT2D eigenvalue weighted by Gasteiger charge is 2.39. The molecule has 0 radical (unpaired) electrons. The largest absolute Gasteiger partial charge is 0.264 e. The van der Waals surface area contributed by atoms with Crippen LogP contribution in [0.5, 0.6) is 0 Å². The molecule has 0 saturated heterocycles. The van der Waals surface area contributed by atoms with Crippen LogP contribution >= 0.6 is 0 Å². The van der Waals surface area contributed by atoms with Gasteiger partial charge in [-0.1, -0.05) is 154 Å². The molecule has 0 amide bonds. The lowest BCUT2D eigenvalue weighted by molar-refractivity contribution is 0.588. The van der Waals surface area contributed by atoms with Gasteiger partial charge in [0.15, 0.2) is 0 Å². The Labute approximate surface area is 283 Å². The Balaban J connectivity index is 1.19. The van der Waals surface area contributed by atoms with Crippen molar-refractivity contribution in [2.24, 2.45) is 5.92 Å². The Morgan fingerprint density at radius 1 is 0.604 bits per heavy atom. The average Bonchev–Trinajstić information content (AvgIpc) is 3.13. The SMILES string of the molecule is CC(C)(C)c1cc2c3c(c1)C=CC1C(c4ccc(-c5cccc6ccccc56)cc4)=CC(c4ccc(-c5cccnc5)cc4)=C(C=C2)C31. The lowest BCUT2D eigenvalue weighted by Gasteiger charge is -2.40. The summed E-state index contributed by atoms with van der Waals surface area (Å²) >= 11 is 0. The molecule has 6 aromatic rings. The number of allylic oxidation sites excluding steroid dienone is 6. The normalized spacial score (nSPS) is 17.8. The fraction of sp³-hybridized carbons (Fsp3) is 0.128. The van der Waals surface area contributed by atoms with Crippen LogP contribution in [0.2, 0.25) is 0 Å². The van der Waals surface area contributed by atoms with E-state index < -0.39 is 0 Å². The summed E-state index contributed by atoms with van der Waals surface area (Å²) in [5.74, 6) is 0.531. The Morgan fingerprint density at radius 3 is 2.08 bits per heavy atom. The molecule has 2 unspecified atom stereocenters. The van der Waals surface area contributed by atoms with Crippen LogP contribution in [0, 0.1) is 5.92 Å². The summed E-state index contributed by atoms with van der Waals surface area (Å²) in [6.07, 6.45) is 15.8. The van der Waals surface area contributed by atoms with Gasteiger partial charge in [-0.3, -0.25) is 4.98 Å². The first-order valence-electron chi connectivity index (χ1n) is 17.0. The monoisotopic (exact) mass is 615 g/mol. The molecule has 5 aromatic carbocycles. The molecular formula is C47H37N. The van der Waals surface area contributed by atoms with E-state index in [0.717, 1.165) is 5.56 Å². The van der Waals surface area contributed by atoms with Gasteiger partial charge >= 0.3 is 0 Å². The van der Waals surface area contributed by atoms with E-state index in [-0.39, 0.29) is 17.3 Å². The van der Waals surface area contributed by atoms with E-state index in [1.165, 1.54) is 77.6 Å². The molecular weight excluding hydrogens is 579 g/mol. The van der Waals surface area contributed by atoms with Crippen LogP contribution in [0.4, 0.5) is 0 Å². The predicted octanol–water partition coefficient (Wildman–Crippen LogP) is 12.2. The zero-order valence-electron chi connectivity index (χ0n) is 27.6. The zero-order valence-corrected chi connectivity index (χ0v) is 27.6. The minimum Gasteiger partial charge on any atom is -0.264 e. The standard InChI is InChI=1S/C47H37N/c1-47(2,3)38-26-35-21-23-41-43(33-15-13-30(14-16-33)37-10-7-25-48-29-37)28-44(42-24-22-36(27-38)45(35)46(41)42)34-19-17-32(18-20-34)40-12-6-9-31-8-4-5-11-39(31)40/h4-29,42,46H,1-3H3. The molecule has 3 aliphatic carbocycles. The Kier molecular flexibility index (Phi) is 6.59. The maximum Gasteiger partial charge on any atom is 0.0346 e. The summed E-state index contributed by atoms with van der Waals surface area (Å²) in [5.41, 5.74) is 17.1. The van der Waals surface area contributed by atoms with Crippen LogP contribution in [0.25, 0.3) is 56.3 Å². The quantitative estimate of drug-likeness (QED) is 0.192. The summed E-state index contributed by atoms with van der Waals surface area (Å²) < 4.78 is 0.